The molecular weight excluding hydrogens is 326 g/mol. The third-order valence-electron chi connectivity index (χ3n) is 2.80. The zero-order chi connectivity index (χ0) is 14.3. The molecule has 1 unspecified atom stereocenters. The number of hydrogen-bond donors (Lipinski definition) is 1. The van der Waals surface area contributed by atoms with Gasteiger partial charge in [-0.1, -0.05) is 0 Å². The summed E-state index contributed by atoms with van der Waals surface area (Å²) in [6.45, 7) is 3.45. The molecule has 0 aromatic heterocycles. The number of methoxy groups -OCH3 is 4. The van der Waals surface area contributed by atoms with Gasteiger partial charge in [-0.25, -0.2) is 0 Å². The predicted molar refractivity (Wildman–Crippen MR) is 84.6 cm³/mol. The van der Waals surface area contributed by atoms with Crippen LogP contribution in [0.5, 0.6) is 17.2 Å². The molecule has 0 radical (unpaired) electrons. The minimum absolute atomic E-state index is 0. The number of hydrogen-bond acceptors (Lipinski definition) is 5. The Hall–Kier alpha value is -0.980. The molecule has 0 spiro atoms. The Balaban J connectivity index is 0.00000361. The van der Waals surface area contributed by atoms with Gasteiger partial charge in [0.1, 0.15) is 0 Å². The number of nitrogens with one attached hydrogen (secondary N) is 1. The van der Waals surface area contributed by atoms with Crippen molar-refractivity contribution in [2.75, 3.05) is 35.0 Å². The van der Waals surface area contributed by atoms with E-state index in [1.54, 1.807) is 28.4 Å². The predicted octanol–water partition coefficient (Wildman–Crippen LogP) is 2.41. The van der Waals surface area contributed by atoms with Crippen LogP contribution in [0.25, 0.3) is 0 Å². The number of ether oxygens (including phenoxy) is 4. The van der Waals surface area contributed by atoms with Crippen LogP contribution >= 0.6 is 17.0 Å². The summed E-state index contributed by atoms with van der Waals surface area (Å²) in [4.78, 5) is 0. The fourth-order valence-electron chi connectivity index (χ4n) is 1.84. The normalized spacial score (nSPS) is 11.4. The van der Waals surface area contributed by atoms with Crippen LogP contribution in [0.4, 0.5) is 0 Å². The molecule has 6 heteroatoms. The smallest absolute Gasteiger partial charge is 0.203 e. The zero-order valence-corrected chi connectivity index (χ0v) is 14.4. The van der Waals surface area contributed by atoms with Gasteiger partial charge in [-0.15, -0.1) is 17.0 Å². The first kappa shape index (κ1) is 19.0. The van der Waals surface area contributed by atoms with Gasteiger partial charge in [0.15, 0.2) is 11.5 Å². The molecule has 1 rings (SSSR count). The quantitative estimate of drug-likeness (QED) is 0.780. The summed E-state index contributed by atoms with van der Waals surface area (Å²) in [5, 5.41) is 3.36. The van der Waals surface area contributed by atoms with E-state index in [1.165, 1.54) is 0 Å². The van der Waals surface area contributed by atoms with Gasteiger partial charge in [0.05, 0.1) is 27.9 Å². The van der Waals surface area contributed by atoms with Crippen molar-refractivity contribution < 1.29 is 18.9 Å². The second-order valence-corrected chi connectivity index (χ2v) is 4.27. The highest BCUT2D eigenvalue weighted by Crippen LogP contribution is 2.38. The highest BCUT2D eigenvalue weighted by Gasteiger charge is 2.13. The van der Waals surface area contributed by atoms with Crippen molar-refractivity contribution in [1.29, 1.82) is 0 Å². The van der Waals surface area contributed by atoms with E-state index in [9.17, 15) is 0 Å². The van der Waals surface area contributed by atoms with Crippen molar-refractivity contribution in [1.82, 2.24) is 5.32 Å². The molecule has 1 atom stereocenters. The molecule has 20 heavy (non-hydrogen) atoms. The highest BCUT2D eigenvalue weighted by molar-refractivity contribution is 8.93. The van der Waals surface area contributed by atoms with Gasteiger partial charge >= 0.3 is 0 Å². The molecule has 0 aliphatic rings. The summed E-state index contributed by atoms with van der Waals surface area (Å²) in [5.74, 6) is 1.94. The topological polar surface area (TPSA) is 49.0 Å². The van der Waals surface area contributed by atoms with E-state index in [2.05, 4.69) is 12.2 Å². The highest BCUT2D eigenvalue weighted by atomic mass is 79.9. The Labute approximate surface area is 131 Å². The Kier molecular flexibility index (Phi) is 9.37. The van der Waals surface area contributed by atoms with E-state index in [0.29, 0.717) is 30.4 Å². The van der Waals surface area contributed by atoms with Crippen LogP contribution in [-0.2, 0) is 11.3 Å². The van der Waals surface area contributed by atoms with Gasteiger partial charge in [-0.3, -0.25) is 0 Å². The second kappa shape index (κ2) is 9.85. The first-order valence-electron chi connectivity index (χ1n) is 6.17. The van der Waals surface area contributed by atoms with Crippen molar-refractivity contribution in [3.63, 3.8) is 0 Å². The van der Waals surface area contributed by atoms with E-state index >= 15 is 0 Å². The lowest BCUT2D eigenvalue weighted by Gasteiger charge is -2.16. The molecule has 5 nitrogen and oxygen atoms in total. The van der Waals surface area contributed by atoms with Crippen molar-refractivity contribution in [2.24, 2.45) is 0 Å². The molecule has 0 aliphatic carbocycles. The van der Waals surface area contributed by atoms with Crippen molar-refractivity contribution >= 4 is 17.0 Å². The van der Waals surface area contributed by atoms with E-state index in [1.807, 2.05) is 12.1 Å². The van der Waals surface area contributed by atoms with Crippen molar-refractivity contribution in [3.05, 3.63) is 17.7 Å². The zero-order valence-electron chi connectivity index (χ0n) is 12.7. The molecular formula is C14H24BrNO4. The van der Waals surface area contributed by atoms with Crippen LogP contribution in [0, 0.1) is 0 Å². The maximum atomic E-state index is 5.32. The van der Waals surface area contributed by atoms with Gasteiger partial charge in [-0.2, -0.15) is 0 Å². The fraction of sp³-hybridized carbons (Fsp3) is 0.571. The number of benzene rings is 1. The molecule has 1 N–H and O–H groups in total. The maximum absolute atomic E-state index is 5.32. The first-order valence-corrected chi connectivity index (χ1v) is 6.17. The summed E-state index contributed by atoms with van der Waals surface area (Å²) in [6.07, 6.45) is 0. The van der Waals surface area contributed by atoms with Gasteiger partial charge in [-0.05, 0) is 24.6 Å². The lowest BCUT2D eigenvalue weighted by Crippen LogP contribution is -2.29. The molecule has 0 bridgehead atoms. The van der Waals surface area contributed by atoms with E-state index in [4.69, 9.17) is 18.9 Å². The maximum Gasteiger partial charge on any atom is 0.203 e. The van der Waals surface area contributed by atoms with E-state index in [-0.39, 0.29) is 23.0 Å². The van der Waals surface area contributed by atoms with Crippen LogP contribution < -0.4 is 19.5 Å². The van der Waals surface area contributed by atoms with Crippen LogP contribution in [-0.4, -0.2) is 41.1 Å². The Morgan fingerprint density at radius 1 is 1.00 bits per heavy atom. The number of halogens is 1. The standard InChI is InChI=1S/C14H23NO4.BrH/c1-10(9-16-2)15-8-11-6-12(17-3)14(19-5)13(7-11)18-4;/h6-7,10,15H,8-9H2,1-5H3;1H. The lowest BCUT2D eigenvalue weighted by atomic mass is 10.1. The molecule has 0 heterocycles. The fourth-order valence-corrected chi connectivity index (χ4v) is 1.84. The van der Waals surface area contributed by atoms with E-state index < -0.39 is 0 Å². The molecule has 116 valence electrons. The summed E-state index contributed by atoms with van der Waals surface area (Å²) in [6, 6.07) is 4.16. The third kappa shape index (κ3) is 5.19. The molecule has 1 aromatic carbocycles. The summed E-state index contributed by atoms with van der Waals surface area (Å²) in [5.41, 5.74) is 1.07. The van der Waals surface area contributed by atoms with Crippen LogP contribution in [0.15, 0.2) is 12.1 Å². The molecule has 0 fully saturated rings. The van der Waals surface area contributed by atoms with Gasteiger partial charge in [0.25, 0.3) is 0 Å². The summed E-state index contributed by atoms with van der Waals surface area (Å²) >= 11 is 0. The van der Waals surface area contributed by atoms with E-state index in [0.717, 1.165) is 5.56 Å². The summed E-state index contributed by atoms with van der Waals surface area (Å²) < 4.78 is 21.0. The molecule has 0 amide bonds. The average Bonchev–Trinajstić information content (AvgIpc) is 2.44. The van der Waals surface area contributed by atoms with Gasteiger partial charge in [0.2, 0.25) is 5.75 Å². The molecule has 0 saturated carbocycles. The molecule has 1 aromatic rings. The lowest BCUT2D eigenvalue weighted by molar-refractivity contribution is 0.171. The second-order valence-electron chi connectivity index (χ2n) is 4.27. The average molecular weight is 350 g/mol. The van der Waals surface area contributed by atoms with Gasteiger partial charge in [0, 0.05) is 19.7 Å². The van der Waals surface area contributed by atoms with Crippen molar-refractivity contribution in [2.45, 2.75) is 19.5 Å². The minimum atomic E-state index is 0. The SMILES string of the molecule is Br.COCC(C)NCc1cc(OC)c(OC)c(OC)c1. The van der Waals surface area contributed by atoms with Crippen LogP contribution in [0.1, 0.15) is 12.5 Å². The molecule has 0 aliphatic heterocycles. The largest absolute Gasteiger partial charge is 0.493 e. The Morgan fingerprint density at radius 2 is 1.55 bits per heavy atom. The molecule has 0 saturated heterocycles. The van der Waals surface area contributed by atoms with Gasteiger partial charge < -0.3 is 24.3 Å². The Morgan fingerprint density at radius 3 is 1.95 bits per heavy atom. The monoisotopic (exact) mass is 349 g/mol. The minimum Gasteiger partial charge on any atom is -0.493 e. The number of rotatable bonds is 8. The van der Waals surface area contributed by atoms with Crippen molar-refractivity contribution in [3.8, 4) is 17.2 Å². The summed E-state index contributed by atoms with van der Waals surface area (Å²) in [7, 11) is 6.51. The van der Waals surface area contributed by atoms with Crippen LogP contribution in [0.2, 0.25) is 0 Å². The third-order valence-corrected chi connectivity index (χ3v) is 2.80. The van der Waals surface area contributed by atoms with Crippen LogP contribution in [0.3, 0.4) is 0 Å². The Bertz CT molecular complexity index is 376. The first-order chi connectivity index (χ1) is 9.15.